The number of alkyl halides is 17. The Morgan fingerprint density at radius 3 is 1.47 bits per heavy atom. The summed E-state index contributed by atoms with van der Waals surface area (Å²) in [5, 5.41) is 10.7. The molecule has 220 valence electrons. The first-order chi connectivity index (χ1) is 16.6. The number of benzene rings is 1. The fourth-order valence-corrected chi connectivity index (χ4v) is 2.73. The van der Waals surface area contributed by atoms with Gasteiger partial charge < -0.3 is 4.74 Å². The van der Waals surface area contributed by atoms with Crippen LogP contribution in [0.1, 0.15) is 18.1 Å². The minimum atomic E-state index is -8.72. The van der Waals surface area contributed by atoms with Gasteiger partial charge in [0.2, 0.25) is 0 Å². The van der Waals surface area contributed by atoms with Crippen LogP contribution in [0.2, 0.25) is 0 Å². The Morgan fingerprint density at radius 2 is 1.11 bits per heavy atom. The molecule has 1 aromatic rings. The summed E-state index contributed by atoms with van der Waals surface area (Å²) >= 11 is 0. The number of halogens is 17. The standard InChI is InChI=1S/C17H10F17NO3/c1-38-9(7-3-2-4-8(5-7)35(36)37)6-10(18,19)11(20,21)12(22,23)13(24,25)14(26,27)15(28,29)16(30,31)17(32,33)34/h2-5,9H,6H2,1H3. The van der Waals surface area contributed by atoms with Gasteiger partial charge in [-0.05, 0) is 5.56 Å². The molecule has 1 rings (SSSR count). The van der Waals surface area contributed by atoms with Crippen LogP contribution >= 0.6 is 0 Å². The molecule has 0 aliphatic heterocycles. The molecule has 0 amide bonds. The third-order valence-corrected chi connectivity index (χ3v) is 4.97. The smallest absolute Gasteiger partial charge is 0.377 e. The minimum absolute atomic E-state index is 0.336. The van der Waals surface area contributed by atoms with Crippen molar-refractivity contribution in [2.24, 2.45) is 0 Å². The highest BCUT2D eigenvalue weighted by atomic mass is 19.4. The zero-order valence-corrected chi connectivity index (χ0v) is 17.7. The van der Waals surface area contributed by atoms with Gasteiger partial charge in [-0.15, -0.1) is 0 Å². The third kappa shape index (κ3) is 4.80. The number of nitrogens with zero attached hydrogens (tertiary/aromatic N) is 1. The lowest BCUT2D eigenvalue weighted by atomic mass is 9.87. The molecule has 0 fully saturated rings. The van der Waals surface area contributed by atoms with Crippen LogP contribution in [0.5, 0.6) is 0 Å². The van der Waals surface area contributed by atoms with Crippen molar-refractivity contribution in [1.29, 1.82) is 0 Å². The molecule has 38 heavy (non-hydrogen) atoms. The van der Waals surface area contributed by atoms with Gasteiger partial charge in [0.05, 0.1) is 11.0 Å². The summed E-state index contributed by atoms with van der Waals surface area (Å²) in [6.45, 7) is 0. The van der Waals surface area contributed by atoms with E-state index >= 15 is 0 Å². The first-order valence-corrected chi connectivity index (χ1v) is 9.07. The van der Waals surface area contributed by atoms with Crippen molar-refractivity contribution in [1.82, 2.24) is 0 Å². The van der Waals surface area contributed by atoms with Crippen LogP contribution in [0, 0.1) is 10.1 Å². The van der Waals surface area contributed by atoms with Gasteiger partial charge in [0.25, 0.3) is 5.69 Å². The van der Waals surface area contributed by atoms with E-state index in [2.05, 4.69) is 4.74 Å². The molecule has 0 heterocycles. The van der Waals surface area contributed by atoms with Crippen LogP contribution in [0.4, 0.5) is 80.3 Å². The molecule has 0 saturated carbocycles. The molecule has 1 atom stereocenters. The SMILES string of the molecule is COC(CC(F)(F)C(F)(F)C(F)(F)C(F)(F)C(F)(F)C(F)(F)C(F)(F)C(F)(F)F)c1cccc([N+](=O)[O-])c1. The minimum Gasteiger partial charge on any atom is -0.377 e. The van der Waals surface area contributed by atoms with Crippen LogP contribution in [-0.4, -0.2) is 59.7 Å². The number of nitro groups is 1. The topological polar surface area (TPSA) is 52.4 Å². The molecule has 21 heteroatoms. The van der Waals surface area contributed by atoms with Crippen molar-refractivity contribution in [2.45, 2.75) is 60.2 Å². The van der Waals surface area contributed by atoms with Gasteiger partial charge >= 0.3 is 47.6 Å². The Labute approximate surface area is 198 Å². The van der Waals surface area contributed by atoms with Crippen molar-refractivity contribution in [3.63, 3.8) is 0 Å². The van der Waals surface area contributed by atoms with Crippen LogP contribution in [0.25, 0.3) is 0 Å². The van der Waals surface area contributed by atoms with Gasteiger partial charge in [0.15, 0.2) is 0 Å². The van der Waals surface area contributed by atoms with Crippen molar-refractivity contribution in [3.8, 4) is 0 Å². The predicted molar refractivity (Wildman–Crippen MR) is 88.1 cm³/mol. The normalized spacial score (nSPS) is 15.9. The molecule has 0 aromatic heterocycles. The summed E-state index contributed by atoms with van der Waals surface area (Å²) in [6.07, 6.45) is -13.4. The Hall–Kier alpha value is -2.61. The molecule has 0 spiro atoms. The number of methoxy groups -OCH3 is 1. The van der Waals surface area contributed by atoms with Gasteiger partial charge in [-0.3, -0.25) is 10.1 Å². The van der Waals surface area contributed by atoms with E-state index in [0.29, 0.717) is 31.4 Å². The van der Waals surface area contributed by atoms with Crippen molar-refractivity contribution in [3.05, 3.63) is 39.9 Å². The lowest BCUT2D eigenvalue weighted by molar-refractivity contribution is -0.462. The second-order valence-electron chi connectivity index (χ2n) is 7.43. The molecule has 1 aromatic carbocycles. The van der Waals surface area contributed by atoms with Crippen molar-refractivity contribution < 1.29 is 84.3 Å². The zero-order chi connectivity index (χ0) is 30.6. The first-order valence-electron chi connectivity index (χ1n) is 9.07. The van der Waals surface area contributed by atoms with Crippen LogP contribution in [0.15, 0.2) is 24.3 Å². The van der Waals surface area contributed by atoms with E-state index in [1.807, 2.05) is 0 Å². The monoisotopic (exact) mass is 599 g/mol. The molecule has 0 aliphatic rings. The Kier molecular flexibility index (Phi) is 8.39. The number of rotatable bonds is 11. The fourth-order valence-electron chi connectivity index (χ4n) is 2.73. The zero-order valence-electron chi connectivity index (χ0n) is 17.7. The third-order valence-electron chi connectivity index (χ3n) is 4.97. The van der Waals surface area contributed by atoms with Gasteiger partial charge in [-0.25, -0.2) is 0 Å². The Balaban J connectivity index is 3.60. The quantitative estimate of drug-likeness (QED) is 0.149. The summed E-state index contributed by atoms with van der Waals surface area (Å²) in [6, 6.07) is 2.36. The molecular formula is C17H10F17NO3. The molecule has 4 nitrogen and oxygen atoms in total. The summed E-state index contributed by atoms with van der Waals surface area (Å²) < 4.78 is 231. The maximum absolute atomic E-state index is 14.2. The summed E-state index contributed by atoms with van der Waals surface area (Å²) in [5.74, 6) is -57.2. The number of nitro benzene ring substituents is 1. The maximum atomic E-state index is 14.2. The van der Waals surface area contributed by atoms with Crippen LogP contribution in [-0.2, 0) is 4.74 Å². The molecule has 0 N–H and O–H groups in total. The van der Waals surface area contributed by atoms with Gasteiger partial charge in [0.1, 0.15) is 0 Å². The van der Waals surface area contributed by atoms with Crippen molar-refractivity contribution >= 4 is 5.69 Å². The lowest BCUT2D eigenvalue weighted by Gasteiger charge is -2.43. The highest BCUT2D eigenvalue weighted by molar-refractivity contribution is 5.35. The highest BCUT2D eigenvalue weighted by Crippen LogP contribution is 2.64. The Bertz CT molecular complexity index is 1020. The van der Waals surface area contributed by atoms with Gasteiger partial charge in [-0.2, -0.15) is 74.6 Å². The second kappa shape index (κ2) is 9.54. The van der Waals surface area contributed by atoms with Gasteiger partial charge in [0, 0.05) is 25.7 Å². The average Bonchev–Trinajstić information content (AvgIpc) is 2.75. The predicted octanol–water partition coefficient (Wildman–Crippen LogP) is 7.68. The molecule has 0 aliphatic carbocycles. The number of ether oxygens (including phenoxy) is 1. The van der Waals surface area contributed by atoms with E-state index < -0.39 is 76.3 Å². The summed E-state index contributed by atoms with van der Waals surface area (Å²) in [7, 11) is 0.387. The van der Waals surface area contributed by atoms with Crippen molar-refractivity contribution in [2.75, 3.05) is 7.11 Å². The second-order valence-corrected chi connectivity index (χ2v) is 7.43. The van der Waals surface area contributed by atoms with E-state index in [0.717, 1.165) is 0 Å². The lowest BCUT2D eigenvalue weighted by Crippen LogP contribution is -2.74. The number of non-ortho nitro benzene ring substituents is 1. The van der Waals surface area contributed by atoms with E-state index in [-0.39, 0.29) is 0 Å². The number of hydrogen-bond acceptors (Lipinski definition) is 3. The fraction of sp³-hybridized carbons (Fsp3) is 0.647. The van der Waals surface area contributed by atoms with Gasteiger partial charge in [-0.1, -0.05) is 12.1 Å². The molecule has 0 bridgehead atoms. The summed E-state index contributed by atoms with van der Waals surface area (Å²) in [4.78, 5) is 9.53. The molecule has 1 unspecified atom stereocenters. The highest BCUT2D eigenvalue weighted by Gasteiger charge is 2.95. The van der Waals surface area contributed by atoms with E-state index in [1.54, 1.807) is 0 Å². The Morgan fingerprint density at radius 1 is 0.711 bits per heavy atom. The van der Waals surface area contributed by atoms with Crippen LogP contribution in [0.3, 0.4) is 0 Å². The molecule has 0 radical (unpaired) electrons. The first kappa shape index (κ1) is 33.4. The molecular weight excluding hydrogens is 589 g/mol. The van der Waals surface area contributed by atoms with E-state index in [4.69, 9.17) is 0 Å². The number of hydrogen-bond donors (Lipinski definition) is 0. The molecule has 0 saturated heterocycles. The largest absolute Gasteiger partial charge is 0.460 e. The maximum Gasteiger partial charge on any atom is 0.460 e. The average molecular weight is 599 g/mol. The van der Waals surface area contributed by atoms with E-state index in [9.17, 15) is 84.8 Å². The summed E-state index contributed by atoms with van der Waals surface area (Å²) in [5.41, 5.74) is -1.82. The van der Waals surface area contributed by atoms with E-state index in [1.165, 1.54) is 0 Å². The van der Waals surface area contributed by atoms with Crippen LogP contribution < -0.4 is 0 Å².